The highest BCUT2D eigenvalue weighted by molar-refractivity contribution is 5.76. The smallest absolute Gasteiger partial charge is 0.410 e. The molecule has 0 atom stereocenters. The lowest BCUT2D eigenvalue weighted by Crippen LogP contribution is -2.60. The fourth-order valence-electron chi connectivity index (χ4n) is 2.97. The Hall–Kier alpha value is -1.91. The second kappa shape index (κ2) is 4.80. The van der Waals surface area contributed by atoms with Crippen molar-refractivity contribution < 1.29 is 18.3 Å². The number of allylic oxidation sites excluding steroid dienone is 1. The lowest BCUT2D eigenvalue weighted by Gasteiger charge is -2.53. The molecule has 3 rings (SSSR count). The number of hydrogen-bond acceptors (Lipinski definition) is 2. The summed E-state index contributed by atoms with van der Waals surface area (Å²) in [4.78, 5) is 13.6. The Morgan fingerprint density at radius 2 is 1.86 bits per heavy atom. The first-order chi connectivity index (χ1) is 10.2. The third-order valence-electron chi connectivity index (χ3n) is 3.98. The Kier molecular flexibility index (Phi) is 3.27. The maximum atomic E-state index is 13.2. The molecule has 1 spiro atoms. The molecule has 1 aromatic rings. The highest BCUT2D eigenvalue weighted by Crippen LogP contribution is 2.50. The van der Waals surface area contributed by atoms with Gasteiger partial charge in [0.2, 0.25) is 0 Å². The molecule has 1 aliphatic carbocycles. The maximum Gasteiger partial charge on any atom is 0.410 e. The van der Waals surface area contributed by atoms with Gasteiger partial charge in [-0.1, -0.05) is 12.1 Å². The molecule has 0 unspecified atom stereocenters. The molecule has 0 N–H and O–H groups in total. The molecule has 22 heavy (non-hydrogen) atoms. The summed E-state index contributed by atoms with van der Waals surface area (Å²) in [5.41, 5.74) is 1.20. The summed E-state index contributed by atoms with van der Waals surface area (Å²) in [6.07, 6.45) is 2.53. The van der Waals surface area contributed by atoms with Crippen LogP contribution >= 0.6 is 0 Å². The van der Waals surface area contributed by atoms with E-state index in [9.17, 15) is 13.6 Å². The number of amides is 1. The van der Waals surface area contributed by atoms with E-state index in [1.54, 1.807) is 11.0 Å². The molecule has 0 saturated carbocycles. The lowest BCUT2D eigenvalue weighted by molar-refractivity contribution is -0.0207. The molecular formula is C17H19F2NO2. The molecule has 0 radical (unpaired) electrons. The van der Waals surface area contributed by atoms with E-state index in [1.807, 2.05) is 20.8 Å². The normalized spacial score (nSPS) is 19.3. The fourth-order valence-corrected chi connectivity index (χ4v) is 2.97. The molecule has 1 aliphatic heterocycles. The molecule has 1 aromatic carbocycles. The largest absolute Gasteiger partial charge is 0.444 e. The number of halogens is 2. The van der Waals surface area contributed by atoms with Gasteiger partial charge >= 0.3 is 6.09 Å². The first kappa shape index (κ1) is 15.0. The van der Waals surface area contributed by atoms with E-state index in [-0.39, 0.29) is 11.5 Å². The van der Waals surface area contributed by atoms with Crippen LogP contribution in [0.25, 0.3) is 5.57 Å². The highest BCUT2D eigenvalue weighted by Gasteiger charge is 2.49. The van der Waals surface area contributed by atoms with E-state index in [1.165, 1.54) is 6.07 Å². The first-order valence-electron chi connectivity index (χ1n) is 7.33. The van der Waals surface area contributed by atoms with Crippen LogP contribution in [0.1, 0.15) is 32.8 Å². The highest BCUT2D eigenvalue weighted by atomic mass is 19.2. The topological polar surface area (TPSA) is 29.5 Å². The number of ether oxygens (including phenoxy) is 1. The number of carbonyl (C=O) groups excluding carboxylic acids is 1. The van der Waals surface area contributed by atoms with E-state index < -0.39 is 17.2 Å². The summed E-state index contributed by atoms with van der Waals surface area (Å²) >= 11 is 0. The van der Waals surface area contributed by atoms with Crippen LogP contribution in [0.15, 0.2) is 24.3 Å². The Bertz CT molecular complexity index is 655. The van der Waals surface area contributed by atoms with Gasteiger partial charge in [0.05, 0.1) is 0 Å². The molecule has 1 saturated heterocycles. The quantitative estimate of drug-likeness (QED) is 0.785. The zero-order chi connectivity index (χ0) is 16.1. The SMILES string of the molecule is CC(C)(C)OC(=O)N1CC2(C=C(c3ccc(F)c(F)c3)C2)C1. The third kappa shape index (κ3) is 2.72. The van der Waals surface area contributed by atoms with Crippen molar-refractivity contribution in [3.8, 4) is 0 Å². The van der Waals surface area contributed by atoms with Gasteiger partial charge in [0.1, 0.15) is 5.60 Å². The second-order valence-corrected chi connectivity index (χ2v) is 7.17. The average molecular weight is 307 g/mol. The minimum atomic E-state index is -0.835. The van der Waals surface area contributed by atoms with Crippen LogP contribution < -0.4 is 0 Å². The molecular weight excluding hydrogens is 288 g/mol. The standard InChI is InChI=1S/C17H19F2NO2/c1-16(2,3)22-15(21)20-9-17(10-20)7-12(8-17)11-4-5-13(18)14(19)6-11/h4-7H,8-10H2,1-3H3. The maximum absolute atomic E-state index is 13.2. The fraction of sp³-hybridized carbons (Fsp3) is 0.471. The van der Waals surface area contributed by atoms with E-state index in [0.29, 0.717) is 18.7 Å². The summed E-state index contributed by atoms with van der Waals surface area (Å²) < 4.78 is 31.5. The van der Waals surface area contributed by atoms with Crippen LogP contribution in [0, 0.1) is 17.0 Å². The number of carbonyl (C=O) groups is 1. The van der Waals surface area contributed by atoms with Crippen LogP contribution in [-0.2, 0) is 4.74 Å². The number of rotatable bonds is 1. The molecule has 2 aliphatic rings. The van der Waals surface area contributed by atoms with E-state index in [4.69, 9.17) is 4.74 Å². The van der Waals surface area contributed by atoms with Gasteiger partial charge < -0.3 is 9.64 Å². The van der Waals surface area contributed by atoms with Crippen molar-refractivity contribution in [2.75, 3.05) is 13.1 Å². The Morgan fingerprint density at radius 3 is 2.41 bits per heavy atom. The minimum Gasteiger partial charge on any atom is -0.444 e. The van der Waals surface area contributed by atoms with Crippen molar-refractivity contribution in [2.45, 2.75) is 32.8 Å². The van der Waals surface area contributed by atoms with Gasteiger partial charge in [-0.25, -0.2) is 13.6 Å². The van der Waals surface area contributed by atoms with Crippen molar-refractivity contribution in [3.63, 3.8) is 0 Å². The van der Waals surface area contributed by atoms with Gasteiger partial charge in [0.25, 0.3) is 0 Å². The Labute approximate surface area is 128 Å². The van der Waals surface area contributed by atoms with Gasteiger partial charge in [0.15, 0.2) is 11.6 Å². The van der Waals surface area contributed by atoms with Crippen LogP contribution in [0.2, 0.25) is 0 Å². The number of nitrogens with zero attached hydrogens (tertiary/aromatic N) is 1. The molecule has 1 amide bonds. The molecule has 1 fully saturated rings. The Morgan fingerprint density at radius 1 is 1.23 bits per heavy atom. The van der Waals surface area contributed by atoms with Crippen molar-refractivity contribution in [3.05, 3.63) is 41.5 Å². The van der Waals surface area contributed by atoms with E-state index >= 15 is 0 Å². The molecule has 0 aromatic heterocycles. The first-order valence-corrected chi connectivity index (χ1v) is 7.33. The molecule has 5 heteroatoms. The summed E-state index contributed by atoms with van der Waals surface area (Å²) in [6, 6.07) is 3.95. The molecule has 1 heterocycles. The van der Waals surface area contributed by atoms with Gasteiger partial charge in [-0.2, -0.15) is 0 Å². The summed E-state index contributed by atoms with van der Waals surface area (Å²) in [5.74, 6) is -1.67. The van der Waals surface area contributed by atoms with Crippen LogP contribution in [0.5, 0.6) is 0 Å². The molecule has 0 bridgehead atoms. The zero-order valence-corrected chi connectivity index (χ0v) is 13.0. The molecule has 118 valence electrons. The predicted molar refractivity (Wildman–Crippen MR) is 79.2 cm³/mol. The summed E-state index contributed by atoms with van der Waals surface area (Å²) in [5, 5.41) is 0. The van der Waals surface area contributed by atoms with Crippen LogP contribution in [-0.4, -0.2) is 29.7 Å². The third-order valence-corrected chi connectivity index (χ3v) is 3.98. The van der Waals surface area contributed by atoms with E-state index in [2.05, 4.69) is 6.08 Å². The number of hydrogen-bond donors (Lipinski definition) is 0. The number of benzene rings is 1. The lowest BCUT2D eigenvalue weighted by atomic mass is 9.64. The van der Waals surface area contributed by atoms with Crippen molar-refractivity contribution in [1.29, 1.82) is 0 Å². The average Bonchev–Trinajstić information content (AvgIpc) is 2.27. The van der Waals surface area contributed by atoms with Crippen molar-refractivity contribution in [1.82, 2.24) is 4.90 Å². The van der Waals surface area contributed by atoms with Gasteiger partial charge in [-0.05, 0) is 50.5 Å². The van der Waals surface area contributed by atoms with Gasteiger partial charge in [-0.15, -0.1) is 0 Å². The monoisotopic (exact) mass is 307 g/mol. The predicted octanol–water partition coefficient (Wildman–Crippen LogP) is 3.99. The van der Waals surface area contributed by atoms with Crippen LogP contribution in [0.3, 0.4) is 0 Å². The summed E-state index contributed by atoms with van der Waals surface area (Å²) in [7, 11) is 0. The molecule has 3 nitrogen and oxygen atoms in total. The van der Waals surface area contributed by atoms with Crippen molar-refractivity contribution >= 4 is 11.7 Å². The zero-order valence-electron chi connectivity index (χ0n) is 13.0. The van der Waals surface area contributed by atoms with Crippen LogP contribution in [0.4, 0.5) is 13.6 Å². The Balaban J connectivity index is 1.61. The van der Waals surface area contributed by atoms with Gasteiger partial charge in [-0.3, -0.25) is 0 Å². The van der Waals surface area contributed by atoms with Crippen molar-refractivity contribution in [2.24, 2.45) is 5.41 Å². The second-order valence-electron chi connectivity index (χ2n) is 7.17. The van der Waals surface area contributed by atoms with E-state index in [0.717, 1.165) is 18.1 Å². The van der Waals surface area contributed by atoms with Gasteiger partial charge in [0, 0.05) is 18.5 Å². The number of likely N-dealkylation sites (tertiary alicyclic amines) is 1. The summed E-state index contributed by atoms with van der Waals surface area (Å²) in [6.45, 7) is 6.75. The minimum absolute atomic E-state index is 0.0168.